The number of furan rings is 1. The van der Waals surface area contributed by atoms with Crippen LogP contribution < -0.4 is 19.1 Å². The molecule has 10 nitrogen and oxygen atoms in total. The summed E-state index contributed by atoms with van der Waals surface area (Å²) in [6.45, 7) is 2.49. The molecule has 0 spiro atoms. The second-order valence-corrected chi connectivity index (χ2v) is 14.5. The van der Waals surface area contributed by atoms with Gasteiger partial charge in [-0.15, -0.1) is 10.2 Å². The van der Waals surface area contributed by atoms with E-state index in [0.717, 1.165) is 21.9 Å². The van der Waals surface area contributed by atoms with E-state index in [1.807, 2.05) is 55.5 Å². The summed E-state index contributed by atoms with van der Waals surface area (Å²) in [4.78, 5) is 29.8. The predicted octanol–water partition coefficient (Wildman–Crippen LogP) is 9.50. The summed E-state index contributed by atoms with van der Waals surface area (Å²) in [6, 6.07) is 35.1. The maximum atomic E-state index is 14.4. The first-order valence-electron chi connectivity index (χ1n) is 17.2. The summed E-state index contributed by atoms with van der Waals surface area (Å²) >= 11 is 2.69. The molecule has 270 valence electrons. The van der Waals surface area contributed by atoms with Crippen molar-refractivity contribution in [2.45, 2.75) is 29.7 Å². The lowest BCUT2D eigenvalue weighted by atomic mass is 9.95. The first-order chi connectivity index (χ1) is 26.4. The topological polar surface area (TPSA) is 124 Å². The van der Waals surface area contributed by atoms with Gasteiger partial charge in [-0.2, -0.15) is 0 Å². The summed E-state index contributed by atoms with van der Waals surface area (Å²) in [5.74, 6) is -0.266. The largest absolute Gasteiger partial charge is 0.503 e. The number of aliphatic hydroxyl groups is 1. The van der Waals surface area contributed by atoms with Crippen LogP contribution in [0.15, 0.2) is 135 Å². The summed E-state index contributed by atoms with van der Waals surface area (Å²) in [5, 5.41) is 23.5. The molecular formula is C42H33N3O7S2. The Hall–Kier alpha value is -6.11. The highest BCUT2D eigenvalue weighted by atomic mass is 32.2. The van der Waals surface area contributed by atoms with E-state index in [0.29, 0.717) is 57.1 Å². The van der Waals surface area contributed by atoms with Crippen molar-refractivity contribution in [2.75, 3.05) is 18.6 Å². The van der Waals surface area contributed by atoms with Crippen molar-refractivity contribution in [1.82, 2.24) is 10.2 Å². The van der Waals surface area contributed by atoms with Gasteiger partial charge in [0.15, 0.2) is 38.7 Å². The van der Waals surface area contributed by atoms with Gasteiger partial charge in [-0.1, -0.05) is 114 Å². The van der Waals surface area contributed by atoms with Crippen LogP contribution in [0.4, 0.5) is 5.13 Å². The molecule has 0 fully saturated rings. The minimum atomic E-state index is -1.11. The first-order valence-corrected chi connectivity index (χ1v) is 19.0. The Morgan fingerprint density at radius 3 is 2.48 bits per heavy atom. The number of ketones is 1. The normalized spacial score (nSPS) is 14.3. The van der Waals surface area contributed by atoms with Crippen molar-refractivity contribution < 1.29 is 33.3 Å². The van der Waals surface area contributed by atoms with Gasteiger partial charge in [0, 0.05) is 11.1 Å². The number of carbonyl (C=O) groups is 2. The number of amides is 1. The Kier molecular flexibility index (Phi) is 9.77. The summed E-state index contributed by atoms with van der Waals surface area (Å²) < 4.78 is 24.3. The van der Waals surface area contributed by atoms with Crippen LogP contribution in [-0.4, -0.2) is 40.7 Å². The number of Topliss-reactive ketones (excluding diaryl/α,β-unsaturated/α-hetero) is 1. The highest BCUT2D eigenvalue weighted by Gasteiger charge is 2.47. The minimum absolute atomic E-state index is 0.0628. The molecular weight excluding hydrogens is 723 g/mol. The van der Waals surface area contributed by atoms with E-state index >= 15 is 0 Å². The lowest BCUT2D eigenvalue weighted by molar-refractivity contribution is -0.117. The molecule has 1 atom stereocenters. The fourth-order valence-corrected chi connectivity index (χ4v) is 8.40. The molecule has 5 aromatic carbocycles. The van der Waals surface area contributed by atoms with Crippen LogP contribution in [0.2, 0.25) is 0 Å². The smallest absolute Gasteiger partial charge is 0.296 e. The third-order valence-electron chi connectivity index (χ3n) is 9.06. The van der Waals surface area contributed by atoms with Crippen LogP contribution in [0.5, 0.6) is 17.2 Å². The zero-order chi connectivity index (χ0) is 37.2. The molecule has 2 aromatic heterocycles. The van der Waals surface area contributed by atoms with E-state index in [4.69, 9.17) is 18.6 Å². The standard InChI is InChI=1S/C42H33N3O7S2/c1-3-50-33-21-27(19-20-31(33)51-23-25-11-5-4-6-12-25)36-35(37(46)34-22-28-15-10-18-32(49-2)39(28)52-34)38(47)40(48)45(36)41-43-44-42(54-41)53-24-29-16-9-14-26-13-7-8-17-30(26)29/h4-22,36,47H,3,23-24H2,1-2H3. The van der Waals surface area contributed by atoms with Gasteiger partial charge in [0.25, 0.3) is 5.91 Å². The van der Waals surface area contributed by atoms with Crippen molar-refractivity contribution >= 4 is 61.7 Å². The van der Waals surface area contributed by atoms with Crippen molar-refractivity contribution in [3.63, 3.8) is 0 Å². The number of hydrogen-bond donors (Lipinski definition) is 1. The number of aliphatic hydroxyl groups excluding tert-OH is 1. The van der Waals surface area contributed by atoms with Gasteiger partial charge in [-0.05, 0) is 58.7 Å². The van der Waals surface area contributed by atoms with E-state index in [-0.39, 0.29) is 16.5 Å². The molecule has 0 saturated carbocycles. The van der Waals surface area contributed by atoms with Crippen LogP contribution in [0.1, 0.15) is 40.2 Å². The van der Waals surface area contributed by atoms with Gasteiger partial charge < -0.3 is 23.7 Å². The zero-order valence-corrected chi connectivity index (χ0v) is 30.9. The Morgan fingerprint density at radius 2 is 1.65 bits per heavy atom. The molecule has 8 rings (SSSR count). The van der Waals surface area contributed by atoms with Gasteiger partial charge in [-0.25, -0.2) is 0 Å². The second-order valence-electron chi connectivity index (χ2n) is 12.3. The van der Waals surface area contributed by atoms with E-state index in [9.17, 15) is 14.7 Å². The number of anilines is 1. The quantitative estimate of drug-likeness (QED) is 0.0691. The van der Waals surface area contributed by atoms with Crippen molar-refractivity contribution in [3.05, 3.63) is 149 Å². The Balaban J connectivity index is 1.16. The number of nitrogens with zero attached hydrogens (tertiary/aromatic N) is 3. The number of para-hydroxylation sites is 1. The molecule has 1 aliphatic rings. The number of thioether (sulfide) groups is 1. The summed E-state index contributed by atoms with van der Waals surface area (Å²) in [7, 11) is 1.51. The second kappa shape index (κ2) is 15.1. The van der Waals surface area contributed by atoms with E-state index in [2.05, 4.69) is 34.5 Å². The lowest BCUT2D eigenvalue weighted by Crippen LogP contribution is -2.31. The molecule has 1 amide bonds. The number of rotatable bonds is 13. The van der Waals surface area contributed by atoms with Gasteiger partial charge in [0.05, 0.1) is 25.3 Å². The number of benzene rings is 5. The zero-order valence-electron chi connectivity index (χ0n) is 29.2. The molecule has 0 aliphatic carbocycles. The third kappa shape index (κ3) is 6.65. The van der Waals surface area contributed by atoms with E-state index in [1.165, 1.54) is 35.1 Å². The fourth-order valence-electron chi connectivity index (χ4n) is 6.53. The van der Waals surface area contributed by atoms with Gasteiger partial charge in [-0.3, -0.25) is 14.5 Å². The van der Waals surface area contributed by atoms with Crippen molar-refractivity contribution in [2.24, 2.45) is 0 Å². The summed E-state index contributed by atoms with van der Waals surface area (Å²) in [5.41, 5.74) is 2.80. The number of fused-ring (bicyclic) bond motifs is 2. The van der Waals surface area contributed by atoms with Crippen LogP contribution >= 0.6 is 23.1 Å². The summed E-state index contributed by atoms with van der Waals surface area (Å²) in [6.07, 6.45) is 0. The fraction of sp³-hybridized carbons (Fsp3) is 0.143. The number of methoxy groups -OCH3 is 1. The van der Waals surface area contributed by atoms with Crippen LogP contribution in [-0.2, 0) is 17.2 Å². The van der Waals surface area contributed by atoms with Crippen LogP contribution in [0.25, 0.3) is 21.7 Å². The van der Waals surface area contributed by atoms with Crippen molar-refractivity contribution in [3.8, 4) is 17.2 Å². The first kappa shape index (κ1) is 34.9. The minimum Gasteiger partial charge on any atom is -0.503 e. The highest BCUT2D eigenvalue weighted by molar-refractivity contribution is 8.00. The van der Waals surface area contributed by atoms with Crippen LogP contribution in [0.3, 0.4) is 0 Å². The van der Waals surface area contributed by atoms with Crippen LogP contribution in [0, 0.1) is 0 Å². The molecule has 12 heteroatoms. The van der Waals surface area contributed by atoms with E-state index in [1.54, 1.807) is 42.5 Å². The molecule has 1 aliphatic heterocycles. The average molecular weight is 756 g/mol. The molecule has 0 radical (unpaired) electrons. The third-order valence-corrected chi connectivity index (χ3v) is 11.2. The molecule has 1 unspecified atom stereocenters. The SMILES string of the molecule is CCOc1cc(C2C(C(=O)c3cc4cccc(OC)c4o3)=C(O)C(=O)N2c2nnc(SCc3cccc4ccccc34)s2)ccc1OCc1ccccc1. The number of aromatic nitrogens is 2. The number of hydrogen-bond acceptors (Lipinski definition) is 11. The molecule has 7 aromatic rings. The molecule has 0 saturated heterocycles. The molecule has 54 heavy (non-hydrogen) atoms. The Bertz CT molecular complexity index is 2540. The molecule has 1 N–H and O–H groups in total. The van der Waals surface area contributed by atoms with Gasteiger partial charge in [0.2, 0.25) is 10.9 Å². The van der Waals surface area contributed by atoms with E-state index < -0.39 is 23.5 Å². The average Bonchev–Trinajstić information content (AvgIpc) is 3.93. The highest BCUT2D eigenvalue weighted by Crippen LogP contribution is 2.46. The maximum absolute atomic E-state index is 14.4. The molecule has 0 bridgehead atoms. The van der Waals surface area contributed by atoms with Gasteiger partial charge in [0.1, 0.15) is 6.61 Å². The lowest BCUT2D eigenvalue weighted by Gasteiger charge is -2.25. The monoisotopic (exact) mass is 755 g/mol. The number of ether oxygens (including phenoxy) is 3. The predicted molar refractivity (Wildman–Crippen MR) is 209 cm³/mol. The van der Waals surface area contributed by atoms with Gasteiger partial charge >= 0.3 is 0 Å². The van der Waals surface area contributed by atoms with Crippen molar-refractivity contribution in [1.29, 1.82) is 0 Å². The Morgan fingerprint density at radius 1 is 0.870 bits per heavy atom. The Labute approximate surface area is 318 Å². The molecule has 3 heterocycles. The number of carbonyl (C=O) groups excluding carboxylic acids is 2. The maximum Gasteiger partial charge on any atom is 0.296 e.